The molecule has 0 bridgehead atoms. The summed E-state index contributed by atoms with van der Waals surface area (Å²) in [6.45, 7) is 0. The molecular weight excluding hydrogens is 248 g/mol. The maximum atomic E-state index is 10.7. The molecule has 6 nitrogen and oxygen atoms in total. The molecule has 0 aliphatic heterocycles. The summed E-state index contributed by atoms with van der Waals surface area (Å²) in [7, 11) is -4.45. The lowest BCUT2D eigenvalue weighted by Gasteiger charge is -2.03. The van der Waals surface area contributed by atoms with Gasteiger partial charge in [0.25, 0.3) is 10.1 Å². The molecule has 0 heterocycles. The number of carboxylic acids is 1. The van der Waals surface area contributed by atoms with E-state index >= 15 is 0 Å². The highest BCUT2D eigenvalue weighted by Gasteiger charge is 2.17. The van der Waals surface area contributed by atoms with Gasteiger partial charge >= 0.3 is 5.97 Å². The van der Waals surface area contributed by atoms with Crippen LogP contribution >= 0.6 is 11.9 Å². The molecule has 0 spiro atoms. The van der Waals surface area contributed by atoms with Crippen molar-refractivity contribution in [3.8, 4) is 5.75 Å². The maximum Gasteiger partial charge on any atom is 0.339 e. The van der Waals surface area contributed by atoms with Gasteiger partial charge in [-0.15, -0.1) is 0 Å². The second-order valence-corrected chi connectivity index (χ2v) is 4.09. The summed E-state index contributed by atoms with van der Waals surface area (Å²) in [4.78, 5) is 10.1. The fourth-order valence-corrected chi connectivity index (χ4v) is 1.55. The van der Waals surface area contributed by atoms with E-state index in [1.165, 1.54) is 0 Å². The van der Waals surface area contributed by atoms with Crippen molar-refractivity contribution in [1.29, 1.82) is 0 Å². The standard InChI is InChI=1S/C7H5ClO6S/c8-14-6-2-1-4(15(11,12)13)3-5(6)7(9)10/h1-3H,(H,9,10)(H,11,12,13). The molecule has 0 aromatic heterocycles. The van der Waals surface area contributed by atoms with Gasteiger partial charge in [0.05, 0.1) is 4.90 Å². The normalized spacial score (nSPS) is 11.1. The van der Waals surface area contributed by atoms with Crippen molar-refractivity contribution in [3.05, 3.63) is 23.8 Å². The lowest BCUT2D eigenvalue weighted by molar-refractivity contribution is 0.0694. The summed E-state index contributed by atoms with van der Waals surface area (Å²) in [5.74, 6) is -1.63. The average molecular weight is 253 g/mol. The first-order valence-electron chi connectivity index (χ1n) is 3.49. The quantitative estimate of drug-likeness (QED) is 0.783. The number of carbonyl (C=O) groups is 1. The topological polar surface area (TPSA) is 101 Å². The third-order valence-electron chi connectivity index (χ3n) is 1.56. The van der Waals surface area contributed by atoms with E-state index in [0.29, 0.717) is 0 Å². The molecule has 0 amide bonds. The van der Waals surface area contributed by atoms with E-state index in [1.807, 2.05) is 0 Å². The Morgan fingerprint density at radius 1 is 1.40 bits per heavy atom. The van der Waals surface area contributed by atoms with E-state index in [1.54, 1.807) is 0 Å². The Morgan fingerprint density at radius 3 is 2.40 bits per heavy atom. The van der Waals surface area contributed by atoms with Crippen LogP contribution in [0.2, 0.25) is 0 Å². The Kier molecular flexibility index (Phi) is 3.18. The lowest BCUT2D eigenvalue weighted by Crippen LogP contribution is -2.03. The lowest BCUT2D eigenvalue weighted by atomic mass is 10.2. The highest BCUT2D eigenvalue weighted by atomic mass is 35.5. The number of rotatable bonds is 3. The Hall–Kier alpha value is -1.31. The number of halogens is 1. The van der Waals surface area contributed by atoms with Crippen LogP contribution in [0.15, 0.2) is 23.1 Å². The third kappa shape index (κ3) is 2.58. The van der Waals surface area contributed by atoms with Gasteiger partial charge in [0.1, 0.15) is 17.4 Å². The van der Waals surface area contributed by atoms with Gasteiger partial charge in [-0.25, -0.2) is 4.79 Å². The van der Waals surface area contributed by atoms with Gasteiger partial charge in [-0.05, 0) is 18.2 Å². The van der Waals surface area contributed by atoms with Crippen molar-refractivity contribution < 1.29 is 27.2 Å². The van der Waals surface area contributed by atoms with Crippen LogP contribution in [0, 0.1) is 0 Å². The summed E-state index contributed by atoms with van der Waals surface area (Å²) in [5.41, 5.74) is -0.458. The van der Waals surface area contributed by atoms with E-state index in [2.05, 4.69) is 4.29 Å². The first-order chi connectivity index (χ1) is 6.86. The Bertz CT molecular complexity index is 494. The summed E-state index contributed by atoms with van der Waals surface area (Å²) < 4.78 is 34.2. The molecule has 82 valence electrons. The summed E-state index contributed by atoms with van der Waals surface area (Å²) in [6, 6.07) is 2.74. The predicted molar refractivity (Wildman–Crippen MR) is 49.7 cm³/mol. The van der Waals surface area contributed by atoms with Crippen LogP contribution < -0.4 is 4.29 Å². The predicted octanol–water partition coefficient (Wildman–Crippen LogP) is 1.16. The van der Waals surface area contributed by atoms with Gasteiger partial charge in [0.15, 0.2) is 5.75 Å². The van der Waals surface area contributed by atoms with Crippen molar-refractivity contribution in [3.63, 3.8) is 0 Å². The van der Waals surface area contributed by atoms with Crippen molar-refractivity contribution in [1.82, 2.24) is 0 Å². The maximum absolute atomic E-state index is 10.7. The highest BCUT2D eigenvalue weighted by molar-refractivity contribution is 7.85. The zero-order valence-electron chi connectivity index (χ0n) is 7.05. The molecule has 0 aliphatic rings. The second-order valence-electron chi connectivity index (χ2n) is 2.52. The van der Waals surface area contributed by atoms with Crippen LogP contribution in [0.25, 0.3) is 0 Å². The van der Waals surface area contributed by atoms with Crippen LogP contribution in [0.4, 0.5) is 0 Å². The molecule has 0 radical (unpaired) electrons. The summed E-state index contributed by atoms with van der Waals surface area (Å²) in [6.07, 6.45) is 0. The van der Waals surface area contributed by atoms with E-state index < -0.39 is 26.5 Å². The van der Waals surface area contributed by atoms with Crippen molar-refractivity contribution in [2.75, 3.05) is 0 Å². The first-order valence-corrected chi connectivity index (χ1v) is 5.24. The van der Waals surface area contributed by atoms with E-state index in [-0.39, 0.29) is 5.75 Å². The van der Waals surface area contributed by atoms with Gasteiger partial charge in [-0.3, -0.25) is 4.55 Å². The Balaban J connectivity index is 3.42. The number of carboxylic acid groups (broad SMARTS) is 1. The minimum Gasteiger partial charge on any atom is -0.478 e. The summed E-state index contributed by atoms with van der Waals surface area (Å²) in [5, 5.41) is 8.67. The van der Waals surface area contributed by atoms with Gasteiger partial charge in [0, 0.05) is 0 Å². The zero-order chi connectivity index (χ0) is 11.6. The van der Waals surface area contributed by atoms with Crippen LogP contribution in [-0.2, 0) is 10.1 Å². The van der Waals surface area contributed by atoms with Crippen LogP contribution in [0.5, 0.6) is 5.75 Å². The van der Waals surface area contributed by atoms with E-state index in [0.717, 1.165) is 18.2 Å². The Morgan fingerprint density at radius 2 is 2.00 bits per heavy atom. The van der Waals surface area contributed by atoms with Gasteiger partial charge in [-0.1, -0.05) is 0 Å². The molecule has 2 N–H and O–H groups in total. The molecule has 1 aromatic rings. The molecule has 0 aliphatic carbocycles. The van der Waals surface area contributed by atoms with E-state index in [4.69, 9.17) is 21.5 Å². The number of aromatic carboxylic acids is 1. The minimum absolute atomic E-state index is 0.212. The molecule has 0 fully saturated rings. The molecule has 1 rings (SSSR count). The fourth-order valence-electron chi connectivity index (χ4n) is 0.904. The second kappa shape index (κ2) is 4.05. The van der Waals surface area contributed by atoms with Gasteiger partial charge in [0.2, 0.25) is 0 Å². The molecule has 0 atom stereocenters. The molecule has 8 heteroatoms. The van der Waals surface area contributed by atoms with E-state index in [9.17, 15) is 13.2 Å². The summed E-state index contributed by atoms with van der Waals surface area (Å²) >= 11 is 4.97. The molecule has 1 aromatic carbocycles. The van der Waals surface area contributed by atoms with Crippen LogP contribution in [0.3, 0.4) is 0 Å². The zero-order valence-corrected chi connectivity index (χ0v) is 8.62. The highest BCUT2D eigenvalue weighted by Crippen LogP contribution is 2.23. The van der Waals surface area contributed by atoms with Gasteiger partial charge < -0.3 is 9.40 Å². The first kappa shape index (κ1) is 11.8. The van der Waals surface area contributed by atoms with Crippen molar-refractivity contribution in [2.24, 2.45) is 0 Å². The number of hydrogen-bond donors (Lipinski definition) is 2. The molecule has 0 unspecified atom stereocenters. The third-order valence-corrected chi connectivity index (χ3v) is 2.58. The monoisotopic (exact) mass is 252 g/mol. The smallest absolute Gasteiger partial charge is 0.339 e. The van der Waals surface area contributed by atoms with Crippen molar-refractivity contribution in [2.45, 2.75) is 4.90 Å². The number of benzene rings is 1. The molecule has 0 saturated heterocycles. The minimum atomic E-state index is -4.45. The van der Waals surface area contributed by atoms with Crippen LogP contribution in [0.1, 0.15) is 10.4 Å². The fraction of sp³-hybridized carbons (Fsp3) is 0. The SMILES string of the molecule is O=C(O)c1cc(S(=O)(=O)O)ccc1OCl. The Labute approximate surface area is 90.0 Å². The molecular formula is C7H5ClO6S. The molecule has 0 saturated carbocycles. The number of hydrogen-bond acceptors (Lipinski definition) is 4. The molecule has 15 heavy (non-hydrogen) atoms. The van der Waals surface area contributed by atoms with Crippen molar-refractivity contribution >= 4 is 28.0 Å². The largest absolute Gasteiger partial charge is 0.478 e. The average Bonchev–Trinajstić information content (AvgIpc) is 2.15. The van der Waals surface area contributed by atoms with Crippen LogP contribution in [-0.4, -0.2) is 24.0 Å². The van der Waals surface area contributed by atoms with Gasteiger partial charge in [-0.2, -0.15) is 8.42 Å².